The van der Waals surface area contributed by atoms with Gasteiger partial charge in [0, 0.05) is 31.8 Å². The van der Waals surface area contributed by atoms with E-state index < -0.39 is 0 Å². The summed E-state index contributed by atoms with van der Waals surface area (Å²) >= 11 is 0. The third kappa shape index (κ3) is 4.49. The van der Waals surface area contributed by atoms with Crippen molar-refractivity contribution in [3.05, 3.63) is 0 Å². The molecule has 1 heterocycles. The number of piperazine rings is 1. The highest BCUT2D eigenvalue weighted by Crippen LogP contribution is 2.11. The van der Waals surface area contributed by atoms with Crippen LogP contribution in [0.3, 0.4) is 0 Å². The molecule has 2 N–H and O–H groups in total. The van der Waals surface area contributed by atoms with Crippen LogP contribution in [-0.2, 0) is 0 Å². The van der Waals surface area contributed by atoms with Crippen LogP contribution in [0.4, 0.5) is 0 Å². The van der Waals surface area contributed by atoms with Crippen LogP contribution in [0.25, 0.3) is 0 Å². The maximum Gasteiger partial charge on any atom is 0.0431 e. The first-order valence-electron chi connectivity index (χ1n) is 6.33. The molecule has 3 nitrogen and oxygen atoms in total. The number of nitrogens with zero attached hydrogens (tertiary/aromatic N) is 1. The highest BCUT2D eigenvalue weighted by Gasteiger charge is 2.23. The molecule has 0 aromatic carbocycles. The standard InChI is InChI=1S/C12H26N2O/c1-11-9-13-10-12(2)14(11)7-5-3-4-6-8-15/h11-13,15H,3-10H2,1-2H3. The van der Waals surface area contributed by atoms with Gasteiger partial charge in [-0.3, -0.25) is 4.90 Å². The van der Waals surface area contributed by atoms with Crippen molar-refractivity contribution in [2.75, 3.05) is 26.2 Å². The summed E-state index contributed by atoms with van der Waals surface area (Å²) < 4.78 is 0. The number of unbranched alkanes of at least 4 members (excludes halogenated alkanes) is 3. The lowest BCUT2D eigenvalue weighted by molar-refractivity contribution is 0.114. The number of hydrogen-bond donors (Lipinski definition) is 2. The van der Waals surface area contributed by atoms with Crippen LogP contribution in [0.15, 0.2) is 0 Å². The smallest absolute Gasteiger partial charge is 0.0431 e. The molecule has 2 atom stereocenters. The van der Waals surface area contributed by atoms with Gasteiger partial charge in [-0.05, 0) is 33.2 Å². The zero-order valence-corrected chi connectivity index (χ0v) is 10.2. The fourth-order valence-electron chi connectivity index (χ4n) is 2.37. The van der Waals surface area contributed by atoms with Gasteiger partial charge < -0.3 is 10.4 Å². The van der Waals surface area contributed by atoms with Crippen molar-refractivity contribution < 1.29 is 5.11 Å². The van der Waals surface area contributed by atoms with Crippen molar-refractivity contribution in [1.82, 2.24) is 10.2 Å². The van der Waals surface area contributed by atoms with Crippen molar-refractivity contribution in [2.24, 2.45) is 0 Å². The SMILES string of the molecule is CC1CNCC(C)N1CCCCCCO. The van der Waals surface area contributed by atoms with Gasteiger partial charge in [0.05, 0.1) is 0 Å². The number of aliphatic hydroxyl groups is 1. The van der Waals surface area contributed by atoms with Gasteiger partial charge in [0.2, 0.25) is 0 Å². The van der Waals surface area contributed by atoms with Crippen LogP contribution < -0.4 is 5.32 Å². The van der Waals surface area contributed by atoms with Crippen molar-refractivity contribution in [1.29, 1.82) is 0 Å². The fourth-order valence-corrected chi connectivity index (χ4v) is 2.37. The van der Waals surface area contributed by atoms with Crippen LogP contribution in [0.1, 0.15) is 39.5 Å². The molecule has 0 amide bonds. The van der Waals surface area contributed by atoms with Gasteiger partial charge in [-0.15, -0.1) is 0 Å². The van der Waals surface area contributed by atoms with Crippen LogP contribution in [-0.4, -0.2) is 48.3 Å². The third-order valence-electron chi connectivity index (χ3n) is 3.34. The lowest BCUT2D eigenvalue weighted by Gasteiger charge is -2.39. The number of nitrogens with one attached hydrogen (secondary N) is 1. The molecule has 1 rings (SSSR count). The van der Waals surface area contributed by atoms with Gasteiger partial charge in [-0.1, -0.05) is 12.8 Å². The zero-order valence-electron chi connectivity index (χ0n) is 10.2. The summed E-state index contributed by atoms with van der Waals surface area (Å²) in [5, 5.41) is 12.1. The van der Waals surface area contributed by atoms with Crippen LogP contribution in [0, 0.1) is 0 Å². The van der Waals surface area contributed by atoms with E-state index >= 15 is 0 Å². The number of hydrogen-bond acceptors (Lipinski definition) is 3. The summed E-state index contributed by atoms with van der Waals surface area (Å²) in [7, 11) is 0. The molecular formula is C12H26N2O. The molecule has 2 unspecified atom stereocenters. The summed E-state index contributed by atoms with van der Waals surface area (Å²) in [6.07, 6.45) is 4.66. The molecule has 0 saturated carbocycles. The van der Waals surface area contributed by atoms with Gasteiger partial charge in [-0.25, -0.2) is 0 Å². The predicted octanol–water partition coefficient (Wildman–Crippen LogP) is 1.22. The third-order valence-corrected chi connectivity index (χ3v) is 3.34. The van der Waals surface area contributed by atoms with Crippen molar-refractivity contribution >= 4 is 0 Å². The first kappa shape index (κ1) is 12.9. The van der Waals surface area contributed by atoms with E-state index in [0.29, 0.717) is 18.7 Å². The molecule has 1 fully saturated rings. The Hall–Kier alpha value is -0.120. The van der Waals surface area contributed by atoms with Gasteiger partial charge in [0.15, 0.2) is 0 Å². The van der Waals surface area contributed by atoms with Crippen molar-refractivity contribution in [3.63, 3.8) is 0 Å². The van der Waals surface area contributed by atoms with E-state index in [0.717, 1.165) is 19.5 Å². The molecule has 1 aliphatic heterocycles. The Morgan fingerprint density at radius 2 is 1.67 bits per heavy atom. The van der Waals surface area contributed by atoms with E-state index in [1.54, 1.807) is 0 Å². The lowest BCUT2D eigenvalue weighted by atomic mass is 10.1. The molecule has 1 saturated heterocycles. The van der Waals surface area contributed by atoms with E-state index in [2.05, 4.69) is 24.1 Å². The monoisotopic (exact) mass is 214 g/mol. The van der Waals surface area contributed by atoms with E-state index in [1.165, 1.54) is 25.8 Å². The van der Waals surface area contributed by atoms with Gasteiger partial charge in [0.1, 0.15) is 0 Å². The van der Waals surface area contributed by atoms with E-state index in [1.807, 2.05) is 0 Å². The second kappa shape index (κ2) is 7.20. The van der Waals surface area contributed by atoms with Crippen molar-refractivity contribution in [3.8, 4) is 0 Å². The molecule has 0 spiro atoms. The zero-order chi connectivity index (χ0) is 11.1. The fraction of sp³-hybridized carbons (Fsp3) is 1.00. The molecule has 0 aliphatic carbocycles. The maximum absolute atomic E-state index is 8.68. The maximum atomic E-state index is 8.68. The Bertz CT molecular complexity index is 154. The second-order valence-electron chi connectivity index (χ2n) is 4.73. The van der Waals surface area contributed by atoms with E-state index in [9.17, 15) is 0 Å². The van der Waals surface area contributed by atoms with Gasteiger partial charge >= 0.3 is 0 Å². The number of rotatable bonds is 6. The molecular weight excluding hydrogens is 188 g/mol. The second-order valence-corrected chi connectivity index (χ2v) is 4.73. The lowest BCUT2D eigenvalue weighted by Crippen LogP contribution is -2.55. The molecule has 3 heteroatoms. The first-order chi connectivity index (χ1) is 7.25. The molecule has 15 heavy (non-hydrogen) atoms. The largest absolute Gasteiger partial charge is 0.396 e. The summed E-state index contributed by atoms with van der Waals surface area (Å²) in [4.78, 5) is 2.61. The van der Waals surface area contributed by atoms with Crippen LogP contribution in [0.5, 0.6) is 0 Å². The number of aliphatic hydroxyl groups excluding tert-OH is 1. The van der Waals surface area contributed by atoms with Crippen LogP contribution in [0.2, 0.25) is 0 Å². The topological polar surface area (TPSA) is 35.5 Å². The summed E-state index contributed by atoms with van der Waals surface area (Å²) in [5.41, 5.74) is 0. The van der Waals surface area contributed by atoms with E-state index in [4.69, 9.17) is 5.11 Å². The Kier molecular flexibility index (Phi) is 6.22. The van der Waals surface area contributed by atoms with Crippen molar-refractivity contribution in [2.45, 2.75) is 51.6 Å². The minimum Gasteiger partial charge on any atom is -0.396 e. The predicted molar refractivity (Wildman–Crippen MR) is 64.1 cm³/mol. The average molecular weight is 214 g/mol. The van der Waals surface area contributed by atoms with Crippen LogP contribution >= 0.6 is 0 Å². The molecule has 0 bridgehead atoms. The van der Waals surface area contributed by atoms with E-state index in [-0.39, 0.29) is 0 Å². The molecule has 0 aromatic heterocycles. The normalized spacial score (nSPS) is 28.2. The van der Waals surface area contributed by atoms with Gasteiger partial charge in [0.25, 0.3) is 0 Å². The average Bonchev–Trinajstić information content (AvgIpc) is 2.21. The molecule has 0 radical (unpaired) electrons. The highest BCUT2D eigenvalue weighted by molar-refractivity contribution is 4.82. The Labute approximate surface area is 93.9 Å². The summed E-state index contributed by atoms with van der Waals surface area (Å²) in [5.74, 6) is 0. The minimum absolute atomic E-state index is 0.348. The molecule has 0 aromatic rings. The van der Waals surface area contributed by atoms with Gasteiger partial charge in [-0.2, -0.15) is 0 Å². The summed E-state index contributed by atoms with van der Waals surface area (Å²) in [6.45, 7) is 8.42. The minimum atomic E-state index is 0.348. The molecule has 90 valence electrons. The highest BCUT2D eigenvalue weighted by atomic mass is 16.2. The Morgan fingerprint density at radius 3 is 2.27 bits per heavy atom. The molecule has 1 aliphatic rings. The Balaban J connectivity index is 2.12. The Morgan fingerprint density at radius 1 is 1.07 bits per heavy atom. The summed E-state index contributed by atoms with van der Waals surface area (Å²) in [6, 6.07) is 1.35. The quantitative estimate of drug-likeness (QED) is 0.653. The first-order valence-corrected chi connectivity index (χ1v) is 6.33.